The van der Waals surface area contributed by atoms with Crippen LogP contribution in [0, 0.1) is 12.7 Å². The Morgan fingerprint density at radius 1 is 1.00 bits per heavy atom. The fourth-order valence-electron chi connectivity index (χ4n) is 4.55. The molecule has 0 spiro atoms. The molecule has 36 heavy (non-hydrogen) atoms. The lowest BCUT2D eigenvalue weighted by atomic mass is 10.2. The standard InChI is InChI=1S/C26H31FN6O3/c1-17-12-19-20(30-17)4-5-22(26(19)27)36-25-15-29-31-21-14-24(23(34-2)13-18(21)25)35-11-3-6-32-7-9-33(16-28)10-8-32/h4-5,12-15,30H,3,6-11,16,28H2,1-2H3. The molecule has 2 aromatic carbocycles. The van der Waals surface area contributed by atoms with Crippen molar-refractivity contribution in [3.8, 4) is 23.0 Å². The molecule has 0 amide bonds. The lowest BCUT2D eigenvalue weighted by molar-refractivity contribution is 0.128. The lowest BCUT2D eigenvalue weighted by Gasteiger charge is -2.33. The number of aromatic amines is 1. The number of methoxy groups -OCH3 is 1. The number of ether oxygens (including phenoxy) is 3. The van der Waals surface area contributed by atoms with Gasteiger partial charge >= 0.3 is 0 Å². The number of hydrogen-bond acceptors (Lipinski definition) is 8. The monoisotopic (exact) mass is 494 g/mol. The van der Waals surface area contributed by atoms with E-state index in [9.17, 15) is 0 Å². The van der Waals surface area contributed by atoms with Crippen molar-refractivity contribution in [3.63, 3.8) is 0 Å². The van der Waals surface area contributed by atoms with Crippen molar-refractivity contribution in [2.45, 2.75) is 13.3 Å². The van der Waals surface area contributed by atoms with E-state index in [2.05, 4.69) is 25.0 Å². The van der Waals surface area contributed by atoms with Crippen molar-refractivity contribution in [3.05, 3.63) is 48.0 Å². The molecule has 1 aliphatic heterocycles. The molecule has 9 nitrogen and oxygen atoms in total. The number of halogens is 1. The van der Waals surface area contributed by atoms with Crippen LogP contribution in [0.3, 0.4) is 0 Å². The van der Waals surface area contributed by atoms with E-state index in [-0.39, 0.29) is 5.75 Å². The minimum Gasteiger partial charge on any atom is -0.493 e. The first-order chi connectivity index (χ1) is 17.6. The number of rotatable bonds is 9. The van der Waals surface area contributed by atoms with E-state index in [0.717, 1.165) is 50.4 Å². The van der Waals surface area contributed by atoms with Crippen molar-refractivity contribution in [2.24, 2.45) is 5.73 Å². The van der Waals surface area contributed by atoms with Crippen LogP contribution in [0.4, 0.5) is 4.39 Å². The number of aromatic nitrogens is 3. The summed E-state index contributed by atoms with van der Waals surface area (Å²) in [6.07, 6.45) is 2.36. The van der Waals surface area contributed by atoms with Crippen LogP contribution >= 0.6 is 0 Å². The molecule has 10 heteroatoms. The Labute approximate surface area is 208 Å². The molecule has 0 atom stereocenters. The molecule has 2 aromatic heterocycles. The van der Waals surface area contributed by atoms with E-state index in [1.807, 2.05) is 6.92 Å². The van der Waals surface area contributed by atoms with Gasteiger partial charge in [-0.05, 0) is 37.6 Å². The van der Waals surface area contributed by atoms with Crippen LogP contribution in [0.2, 0.25) is 0 Å². The number of nitrogens with zero attached hydrogens (tertiary/aromatic N) is 4. The predicted molar refractivity (Wildman–Crippen MR) is 136 cm³/mol. The van der Waals surface area contributed by atoms with Gasteiger partial charge in [-0.15, -0.1) is 0 Å². The number of hydrogen-bond donors (Lipinski definition) is 2. The molecular weight excluding hydrogens is 463 g/mol. The minimum absolute atomic E-state index is 0.113. The van der Waals surface area contributed by atoms with Gasteiger partial charge in [0.25, 0.3) is 0 Å². The number of H-pyrrole nitrogens is 1. The molecule has 0 aliphatic carbocycles. The maximum atomic E-state index is 15.1. The van der Waals surface area contributed by atoms with Crippen LogP contribution in [0.15, 0.2) is 36.5 Å². The second-order valence-electron chi connectivity index (χ2n) is 8.97. The normalized spacial score (nSPS) is 15.0. The van der Waals surface area contributed by atoms with Gasteiger partial charge < -0.3 is 29.8 Å². The highest BCUT2D eigenvalue weighted by molar-refractivity contribution is 5.88. The summed E-state index contributed by atoms with van der Waals surface area (Å²) in [4.78, 5) is 7.80. The highest BCUT2D eigenvalue weighted by atomic mass is 19.1. The first-order valence-corrected chi connectivity index (χ1v) is 12.1. The van der Waals surface area contributed by atoms with Gasteiger partial charge in [0.1, 0.15) is 5.52 Å². The molecule has 0 unspecified atom stereocenters. The van der Waals surface area contributed by atoms with Crippen LogP contribution in [-0.4, -0.2) is 78.1 Å². The molecule has 3 N–H and O–H groups in total. The Bertz CT molecular complexity index is 1350. The molecule has 1 fully saturated rings. The largest absolute Gasteiger partial charge is 0.493 e. The number of nitrogens with one attached hydrogen (secondary N) is 1. The quantitative estimate of drug-likeness (QED) is 0.340. The molecule has 0 saturated carbocycles. The highest BCUT2D eigenvalue weighted by Gasteiger charge is 2.17. The molecule has 5 rings (SSSR count). The zero-order valence-electron chi connectivity index (χ0n) is 20.6. The summed E-state index contributed by atoms with van der Waals surface area (Å²) in [5.41, 5.74) is 7.88. The summed E-state index contributed by atoms with van der Waals surface area (Å²) in [5, 5.41) is 9.40. The van der Waals surface area contributed by atoms with Gasteiger partial charge in [0, 0.05) is 62.1 Å². The topological polar surface area (TPSA) is 102 Å². The summed E-state index contributed by atoms with van der Waals surface area (Å²) in [7, 11) is 1.59. The summed E-state index contributed by atoms with van der Waals surface area (Å²) < 4.78 is 32.7. The van der Waals surface area contributed by atoms with Gasteiger partial charge in [-0.3, -0.25) is 4.90 Å². The molecule has 1 saturated heterocycles. The third-order valence-electron chi connectivity index (χ3n) is 6.54. The van der Waals surface area contributed by atoms with E-state index >= 15 is 4.39 Å². The van der Waals surface area contributed by atoms with Gasteiger partial charge in [-0.1, -0.05) is 0 Å². The summed E-state index contributed by atoms with van der Waals surface area (Å²) in [5.74, 6) is 1.20. The Morgan fingerprint density at radius 3 is 2.58 bits per heavy atom. The zero-order chi connectivity index (χ0) is 25.1. The number of piperazine rings is 1. The summed E-state index contributed by atoms with van der Waals surface area (Å²) in [6, 6.07) is 8.72. The molecule has 190 valence electrons. The van der Waals surface area contributed by atoms with Crippen molar-refractivity contribution < 1.29 is 18.6 Å². The second-order valence-corrected chi connectivity index (χ2v) is 8.97. The van der Waals surface area contributed by atoms with Gasteiger partial charge in [0.2, 0.25) is 0 Å². The molecule has 1 aliphatic rings. The number of fused-ring (bicyclic) bond motifs is 2. The van der Waals surface area contributed by atoms with E-state index in [1.165, 1.54) is 6.20 Å². The van der Waals surface area contributed by atoms with Gasteiger partial charge in [-0.25, -0.2) is 4.39 Å². The summed E-state index contributed by atoms with van der Waals surface area (Å²) in [6.45, 7) is 8.05. The third-order valence-corrected chi connectivity index (χ3v) is 6.54. The SMILES string of the molecule is COc1cc2c(Oc3ccc4[nH]c(C)cc4c3F)cnnc2cc1OCCCN1CCN(CN)CC1. The maximum Gasteiger partial charge on any atom is 0.175 e. The van der Waals surface area contributed by atoms with Crippen molar-refractivity contribution >= 4 is 21.8 Å². The predicted octanol–water partition coefficient (Wildman–Crippen LogP) is 3.66. The van der Waals surface area contributed by atoms with E-state index < -0.39 is 5.82 Å². The first kappa shape index (κ1) is 24.2. The van der Waals surface area contributed by atoms with Gasteiger partial charge in [-0.2, -0.15) is 10.2 Å². The smallest absolute Gasteiger partial charge is 0.175 e. The average Bonchev–Trinajstić information content (AvgIpc) is 3.29. The molecule has 4 aromatic rings. The minimum atomic E-state index is -0.432. The fourth-order valence-corrected chi connectivity index (χ4v) is 4.55. The van der Waals surface area contributed by atoms with Crippen molar-refractivity contribution in [1.82, 2.24) is 25.0 Å². The van der Waals surface area contributed by atoms with Crippen molar-refractivity contribution in [1.29, 1.82) is 0 Å². The third kappa shape index (κ3) is 5.06. The lowest BCUT2D eigenvalue weighted by Crippen LogP contribution is -2.48. The number of aryl methyl sites for hydroxylation is 1. The molecule has 0 radical (unpaired) electrons. The van der Waals surface area contributed by atoms with Crippen LogP contribution in [-0.2, 0) is 0 Å². The molecule has 3 heterocycles. The van der Waals surface area contributed by atoms with Gasteiger partial charge in [0.15, 0.2) is 28.8 Å². The Balaban J connectivity index is 1.29. The fraction of sp³-hybridized carbons (Fsp3) is 0.385. The van der Waals surface area contributed by atoms with Crippen LogP contribution in [0.1, 0.15) is 12.1 Å². The van der Waals surface area contributed by atoms with Crippen LogP contribution in [0.25, 0.3) is 21.8 Å². The van der Waals surface area contributed by atoms with E-state index in [4.69, 9.17) is 19.9 Å². The Kier molecular flexibility index (Phi) is 7.17. The molecular formula is C26H31FN6O3. The van der Waals surface area contributed by atoms with Crippen molar-refractivity contribution in [2.75, 3.05) is 53.1 Å². The van der Waals surface area contributed by atoms with Crippen LogP contribution < -0.4 is 19.9 Å². The van der Waals surface area contributed by atoms with E-state index in [1.54, 1.807) is 37.4 Å². The maximum absolute atomic E-state index is 15.1. The summed E-state index contributed by atoms with van der Waals surface area (Å²) >= 11 is 0. The number of benzene rings is 2. The second kappa shape index (κ2) is 10.7. The first-order valence-electron chi connectivity index (χ1n) is 12.1. The Hall–Kier alpha value is -3.47. The Morgan fingerprint density at radius 2 is 1.81 bits per heavy atom. The van der Waals surface area contributed by atoms with Crippen LogP contribution in [0.5, 0.6) is 23.0 Å². The average molecular weight is 495 g/mol. The van der Waals surface area contributed by atoms with E-state index in [0.29, 0.717) is 46.8 Å². The van der Waals surface area contributed by atoms with Gasteiger partial charge in [0.05, 0.1) is 25.3 Å². The zero-order valence-corrected chi connectivity index (χ0v) is 20.6. The molecule has 0 bridgehead atoms. The highest BCUT2D eigenvalue weighted by Crippen LogP contribution is 2.38. The number of nitrogens with two attached hydrogens (primary N) is 1.